The Morgan fingerprint density at radius 3 is 2.93 bits per heavy atom. The van der Waals surface area contributed by atoms with Crippen molar-refractivity contribution in [2.24, 2.45) is 0 Å². The molecule has 1 aliphatic rings. The zero-order chi connectivity index (χ0) is 10.5. The van der Waals surface area contributed by atoms with E-state index >= 15 is 0 Å². The highest BCUT2D eigenvalue weighted by molar-refractivity contribution is 5.61. The molecule has 3 heterocycles. The number of aromatic nitrogens is 4. The van der Waals surface area contributed by atoms with Crippen LogP contribution in [0, 0.1) is 0 Å². The van der Waals surface area contributed by atoms with E-state index in [4.69, 9.17) is 0 Å². The van der Waals surface area contributed by atoms with Crippen LogP contribution in [0.4, 0.5) is 0 Å². The Bertz CT molecular complexity index is 480. The SMILES string of the molecule is CC1(C)NCc2c(-c3ccn[nH]3)n[nH]c21. The molecular weight excluding hydrogens is 190 g/mol. The Kier molecular flexibility index (Phi) is 1.56. The second-order valence-corrected chi connectivity index (χ2v) is 4.37. The molecule has 5 heteroatoms. The number of rotatable bonds is 1. The van der Waals surface area contributed by atoms with Gasteiger partial charge in [-0.1, -0.05) is 0 Å². The van der Waals surface area contributed by atoms with E-state index in [-0.39, 0.29) is 5.54 Å². The van der Waals surface area contributed by atoms with E-state index in [1.165, 1.54) is 11.3 Å². The summed E-state index contributed by atoms with van der Waals surface area (Å²) in [4.78, 5) is 0. The number of fused-ring (bicyclic) bond motifs is 1. The van der Waals surface area contributed by atoms with Crippen molar-refractivity contribution < 1.29 is 0 Å². The van der Waals surface area contributed by atoms with Crippen LogP contribution in [0.1, 0.15) is 25.1 Å². The first-order valence-corrected chi connectivity index (χ1v) is 5.01. The second-order valence-electron chi connectivity index (χ2n) is 4.37. The topological polar surface area (TPSA) is 69.4 Å². The summed E-state index contributed by atoms with van der Waals surface area (Å²) in [7, 11) is 0. The molecule has 0 bridgehead atoms. The minimum absolute atomic E-state index is 0.0133. The van der Waals surface area contributed by atoms with Crippen molar-refractivity contribution in [1.82, 2.24) is 25.7 Å². The lowest BCUT2D eigenvalue weighted by Gasteiger charge is -2.17. The van der Waals surface area contributed by atoms with Gasteiger partial charge < -0.3 is 5.32 Å². The van der Waals surface area contributed by atoms with Gasteiger partial charge in [-0.2, -0.15) is 10.2 Å². The van der Waals surface area contributed by atoms with Crippen molar-refractivity contribution >= 4 is 0 Å². The summed E-state index contributed by atoms with van der Waals surface area (Å²) in [6.07, 6.45) is 1.74. The van der Waals surface area contributed by atoms with Crippen molar-refractivity contribution in [3.05, 3.63) is 23.5 Å². The number of hydrogen-bond donors (Lipinski definition) is 3. The van der Waals surface area contributed by atoms with Crippen molar-refractivity contribution in [3.63, 3.8) is 0 Å². The van der Waals surface area contributed by atoms with E-state index in [9.17, 15) is 0 Å². The number of hydrogen-bond acceptors (Lipinski definition) is 3. The van der Waals surface area contributed by atoms with Gasteiger partial charge in [-0.15, -0.1) is 0 Å². The number of aromatic amines is 2. The lowest BCUT2D eigenvalue weighted by Crippen LogP contribution is -2.29. The highest BCUT2D eigenvalue weighted by atomic mass is 15.2. The predicted molar refractivity (Wildman–Crippen MR) is 56.0 cm³/mol. The van der Waals surface area contributed by atoms with Gasteiger partial charge in [0, 0.05) is 18.3 Å². The molecule has 0 atom stereocenters. The molecular formula is C10H13N5. The number of nitrogens with zero attached hydrogens (tertiary/aromatic N) is 2. The van der Waals surface area contributed by atoms with Crippen LogP contribution in [-0.4, -0.2) is 20.4 Å². The van der Waals surface area contributed by atoms with Crippen LogP contribution >= 0.6 is 0 Å². The first-order valence-electron chi connectivity index (χ1n) is 5.01. The second kappa shape index (κ2) is 2.70. The summed E-state index contributed by atoms with van der Waals surface area (Å²) < 4.78 is 0. The minimum atomic E-state index is -0.0133. The van der Waals surface area contributed by atoms with Crippen molar-refractivity contribution in [2.45, 2.75) is 25.9 Å². The van der Waals surface area contributed by atoms with E-state index in [0.717, 1.165) is 17.9 Å². The van der Waals surface area contributed by atoms with Crippen molar-refractivity contribution in [1.29, 1.82) is 0 Å². The zero-order valence-electron chi connectivity index (χ0n) is 8.76. The first kappa shape index (κ1) is 8.67. The Balaban J connectivity index is 2.15. The lowest BCUT2D eigenvalue weighted by atomic mass is 10.0. The molecule has 0 radical (unpaired) electrons. The van der Waals surface area contributed by atoms with Crippen LogP contribution in [0.3, 0.4) is 0 Å². The highest BCUT2D eigenvalue weighted by Gasteiger charge is 2.33. The van der Waals surface area contributed by atoms with Crippen LogP contribution < -0.4 is 5.32 Å². The van der Waals surface area contributed by atoms with E-state index in [1.807, 2.05) is 6.07 Å². The number of H-pyrrole nitrogens is 2. The molecule has 3 N–H and O–H groups in total. The van der Waals surface area contributed by atoms with Gasteiger partial charge in [0.2, 0.25) is 0 Å². The van der Waals surface area contributed by atoms with E-state index < -0.39 is 0 Å². The lowest BCUT2D eigenvalue weighted by molar-refractivity contribution is 0.429. The fraction of sp³-hybridized carbons (Fsp3) is 0.400. The molecule has 5 nitrogen and oxygen atoms in total. The third kappa shape index (κ3) is 1.13. The summed E-state index contributed by atoms with van der Waals surface area (Å²) in [5, 5.41) is 17.8. The van der Waals surface area contributed by atoms with Crippen molar-refractivity contribution in [3.8, 4) is 11.4 Å². The molecule has 0 spiro atoms. The maximum absolute atomic E-state index is 4.34. The molecule has 0 saturated heterocycles. The van der Waals surface area contributed by atoms with Crippen LogP contribution in [0.2, 0.25) is 0 Å². The summed E-state index contributed by atoms with van der Waals surface area (Å²) in [5.74, 6) is 0. The summed E-state index contributed by atoms with van der Waals surface area (Å²) in [5.41, 5.74) is 4.34. The standard InChI is InChI=1S/C10H13N5/c1-10(2)9-6(5-11-10)8(14-15-9)7-3-4-12-13-7/h3-4,11H,5H2,1-2H3,(H,12,13)(H,14,15). The maximum Gasteiger partial charge on any atom is 0.115 e. The molecule has 15 heavy (non-hydrogen) atoms. The Morgan fingerprint density at radius 1 is 1.33 bits per heavy atom. The number of nitrogens with one attached hydrogen (secondary N) is 3. The predicted octanol–water partition coefficient (Wildman–Crippen LogP) is 1.14. The van der Waals surface area contributed by atoms with Crippen LogP contribution in [0.15, 0.2) is 12.3 Å². The smallest absolute Gasteiger partial charge is 0.115 e. The van der Waals surface area contributed by atoms with E-state index in [2.05, 4.69) is 39.6 Å². The van der Waals surface area contributed by atoms with Crippen LogP contribution in [0.25, 0.3) is 11.4 Å². The monoisotopic (exact) mass is 203 g/mol. The third-order valence-corrected chi connectivity index (χ3v) is 2.96. The fourth-order valence-electron chi connectivity index (χ4n) is 2.06. The summed E-state index contributed by atoms with van der Waals surface area (Å²) in [6, 6.07) is 1.93. The third-order valence-electron chi connectivity index (χ3n) is 2.96. The van der Waals surface area contributed by atoms with Gasteiger partial charge in [0.1, 0.15) is 5.69 Å². The normalized spacial score (nSPS) is 18.0. The average Bonchev–Trinajstić information content (AvgIpc) is 2.85. The van der Waals surface area contributed by atoms with Crippen LogP contribution in [0.5, 0.6) is 0 Å². The van der Waals surface area contributed by atoms with E-state index in [0.29, 0.717) is 0 Å². The van der Waals surface area contributed by atoms with Crippen molar-refractivity contribution in [2.75, 3.05) is 0 Å². The molecule has 0 saturated carbocycles. The summed E-state index contributed by atoms with van der Waals surface area (Å²) in [6.45, 7) is 5.15. The average molecular weight is 203 g/mol. The maximum atomic E-state index is 4.34. The molecule has 1 aliphatic heterocycles. The van der Waals surface area contributed by atoms with Crippen LogP contribution in [-0.2, 0) is 12.1 Å². The molecule has 0 unspecified atom stereocenters. The molecule has 3 rings (SSSR count). The first-order chi connectivity index (χ1) is 7.18. The van der Waals surface area contributed by atoms with Gasteiger partial charge in [0.15, 0.2) is 0 Å². The van der Waals surface area contributed by atoms with E-state index in [1.54, 1.807) is 6.20 Å². The fourth-order valence-corrected chi connectivity index (χ4v) is 2.06. The highest BCUT2D eigenvalue weighted by Crippen LogP contribution is 2.33. The van der Waals surface area contributed by atoms with Gasteiger partial charge in [-0.25, -0.2) is 0 Å². The molecule has 0 fully saturated rings. The molecule has 0 aromatic carbocycles. The van der Waals surface area contributed by atoms with Gasteiger partial charge in [0.05, 0.1) is 16.9 Å². The van der Waals surface area contributed by atoms with Gasteiger partial charge >= 0.3 is 0 Å². The summed E-state index contributed by atoms with van der Waals surface area (Å²) >= 11 is 0. The molecule has 0 aliphatic carbocycles. The zero-order valence-corrected chi connectivity index (χ0v) is 8.76. The Labute approximate surface area is 87.3 Å². The quantitative estimate of drug-likeness (QED) is 0.651. The molecule has 0 amide bonds. The van der Waals surface area contributed by atoms with Gasteiger partial charge in [-0.05, 0) is 19.9 Å². The molecule has 78 valence electrons. The Hall–Kier alpha value is -1.62. The largest absolute Gasteiger partial charge is 0.302 e. The van der Waals surface area contributed by atoms with Gasteiger partial charge in [-0.3, -0.25) is 10.2 Å². The molecule has 2 aromatic heterocycles. The van der Waals surface area contributed by atoms with Gasteiger partial charge in [0.25, 0.3) is 0 Å². The molecule has 2 aromatic rings. The minimum Gasteiger partial charge on any atom is -0.302 e. The Morgan fingerprint density at radius 2 is 2.20 bits per heavy atom.